The van der Waals surface area contributed by atoms with Crippen LogP contribution in [0, 0.1) is 5.41 Å². The Labute approximate surface area is 74.3 Å². The highest BCUT2D eigenvalue weighted by Crippen LogP contribution is 2.24. The van der Waals surface area contributed by atoms with Gasteiger partial charge >= 0.3 is 0 Å². The summed E-state index contributed by atoms with van der Waals surface area (Å²) in [5.74, 6) is 0.768. The smallest absolute Gasteiger partial charge is 0.211 e. The van der Waals surface area contributed by atoms with E-state index < -0.39 is 0 Å². The predicted octanol–water partition coefficient (Wildman–Crippen LogP) is 2.41. The third-order valence-corrected chi connectivity index (χ3v) is 1.63. The molecule has 0 aromatic heterocycles. The van der Waals surface area contributed by atoms with Gasteiger partial charge in [-0.3, -0.25) is 0 Å². The van der Waals surface area contributed by atoms with E-state index in [0.29, 0.717) is 0 Å². The van der Waals surface area contributed by atoms with Crippen molar-refractivity contribution in [3.8, 4) is 0 Å². The van der Waals surface area contributed by atoms with Gasteiger partial charge < -0.3 is 4.74 Å². The zero-order chi connectivity index (χ0) is 9.19. The van der Waals surface area contributed by atoms with Crippen LogP contribution in [0.5, 0.6) is 0 Å². The minimum Gasteiger partial charge on any atom is -0.476 e. The van der Waals surface area contributed by atoms with E-state index in [1.165, 1.54) is 0 Å². The van der Waals surface area contributed by atoms with Crippen LogP contribution < -0.4 is 0 Å². The van der Waals surface area contributed by atoms with Crippen molar-refractivity contribution in [2.24, 2.45) is 10.4 Å². The maximum absolute atomic E-state index is 5.31. The Hall–Kier alpha value is -0.790. The molecule has 0 saturated heterocycles. The van der Waals surface area contributed by atoms with Gasteiger partial charge in [0.1, 0.15) is 6.61 Å². The molecule has 1 heterocycles. The Kier molecular flexibility index (Phi) is 2.55. The average molecular weight is 167 g/mol. The first-order valence-electron chi connectivity index (χ1n) is 4.34. The van der Waals surface area contributed by atoms with Gasteiger partial charge in [-0.05, 0) is 11.8 Å². The van der Waals surface area contributed by atoms with Gasteiger partial charge in [0.15, 0.2) is 0 Å². The molecule has 2 heteroatoms. The zero-order valence-corrected chi connectivity index (χ0v) is 8.18. The maximum atomic E-state index is 5.31. The van der Waals surface area contributed by atoms with Crippen molar-refractivity contribution in [1.29, 1.82) is 0 Å². The van der Waals surface area contributed by atoms with Crippen LogP contribution in [0.15, 0.2) is 17.1 Å². The summed E-state index contributed by atoms with van der Waals surface area (Å²) in [5, 5.41) is 0. The first-order valence-corrected chi connectivity index (χ1v) is 4.34. The van der Waals surface area contributed by atoms with Crippen LogP contribution in [0.1, 0.15) is 27.2 Å². The summed E-state index contributed by atoms with van der Waals surface area (Å²) < 4.78 is 5.31. The normalized spacial score (nSPS) is 17.1. The summed E-state index contributed by atoms with van der Waals surface area (Å²) in [7, 11) is 0. The highest BCUT2D eigenvalue weighted by Gasteiger charge is 2.18. The standard InChI is InChI=1S/C10H17NO/c1-8(7-10(2,3)4)9-11-5-6-12-9/h1,5-7H2,2-4H3. The Morgan fingerprint density at radius 1 is 1.58 bits per heavy atom. The van der Waals surface area contributed by atoms with Crippen molar-refractivity contribution >= 4 is 5.90 Å². The topological polar surface area (TPSA) is 21.6 Å². The Bertz CT molecular complexity index is 210. The minimum absolute atomic E-state index is 0.269. The first kappa shape index (κ1) is 9.30. The van der Waals surface area contributed by atoms with Crippen molar-refractivity contribution in [1.82, 2.24) is 0 Å². The van der Waals surface area contributed by atoms with E-state index in [-0.39, 0.29) is 5.41 Å². The lowest BCUT2D eigenvalue weighted by Crippen LogP contribution is -2.11. The van der Waals surface area contributed by atoms with Crippen LogP contribution >= 0.6 is 0 Å². The molecule has 0 saturated carbocycles. The Balaban J connectivity index is 2.49. The molecular formula is C10H17NO. The summed E-state index contributed by atoms with van der Waals surface area (Å²) >= 11 is 0. The van der Waals surface area contributed by atoms with E-state index in [1.54, 1.807) is 0 Å². The molecule has 0 fully saturated rings. The van der Waals surface area contributed by atoms with Gasteiger partial charge in [0.2, 0.25) is 5.90 Å². The summed E-state index contributed by atoms with van der Waals surface area (Å²) in [6.45, 7) is 12.0. The molecule has 1 rings (SSSR count). The predicted molar refractivity (Wildman–Crippen MR) is 51.5 cm³/mol. The van der Waals surface area contributed by atoms with E-state index >= 15 is 0 Å². The average Bonchev–Trinajstić information content (AvgIpc) is 2.32. The second kappa shape index (κ2) is 3.30. The lowest BCUT2D eigenvalue weighted by molar-refractivity contribution is 0.339. The number of aliphatic imine (C=N–C) groups is 1. The molecule has 12 heavy (non-hydrogen) atoms. The quantitative estimate of drug-likeness (QED) is 0.619. The summed E-state index contributed by atoms with van der Waals surface area (Å²) in [5.41, 5.74) is 1.30. The number of hydrogen-bond acceptors (Lipinski definition) is 2. The van der Waals surface area contributed by atoms with Crippen LogP contribution in [0.25, 0.3) is 0 Å². The monoisotopic (exact) mass is 167 g/mol. The molecule has 0 spiro atoms. The molecule has 0 aromatic carbocycles. The fraction of sp³-hybridized carbons (Fsp3) is 0.700. The molecule has 0 aliphatic carbocycles. The van der Waals surface area contributed by atoms with Crippen LogP contribution in [0.2, 0.25) is 0 Å². The van der Waals surface area contributed by atoms with Crippen LogP contribution in [-0.4, -0.2) is 19.0 Å². The van der Waals surface area contributed by atoms with Gasteiger partial charge in [0.25, 0.3) is 0 Å². The largest absolute Gasteiger partial charge is 0.476 e. The molecule has 0 bridgehead atoms. The van der Waals surface area contributed by atoms with E-state index in [1.807, 2.05) is 0 Å². The van der Waals surface area contributed by atoms with E-state index in [9.17, 15) is 0 Å². The van der Waals surface area contributed by atoms with Gasteiger partial charge in [-0.2, -0.15) is 0 Å². The Morgan fingerprint density at radius 2 is 2.25 bits per heavy atom. The van der Waals surface area contributed by atoms with Gasteiger partial charge in [-0.1, -0.05) is 27.4 Å². The molecule has 0 amide bonds. The van der Waals surface area contributed by atoms with E-state index in [2.05, 4.69) is 32.3 Å². The summed E-state index contributed by atoms with van der Waals surface area (Å²) in [6, 6.07) is 0. The highest BCUT2D eigenvalue weighted by molar-refractivity contribution is 5.93. The van der Waals surface area contributed by atoms with Gasteiger partial charge in [-0.25, -0.2) is 4.99 Å². The number of nitrogens with zero attached hydrogens (tertiary/aromatic N) is 1. The molecule has 1 aliphatic heterocycles. The molecule has 68 valence electrons. The van der Waals surface area contributed by atoms with Crippen molar-refractivity contribution in [3.63, 3.8) is 0 Å². The molecular weight excluding hydrogens is 150 g/mol. The van der Waals surface area contributed by atoms with Crippen molar-refractivity contribution in [2.75, 3.05) is 13.2 Å². The van der Waals surface area contributed by atoms with E-state index in [4.69, 9.17) is 4.74 Å². The number of hydrogen-bond donors (Lipinski definition) is 0. The maximum Gasteiger partial charge on any atom is 0.211 e. The summed E-state index contributed by atoms with van der Waals surface area (Å²) in [6.07, 6.45) is 0.950. The second-order valence-corrected chi connectivity index (χ2v) is 4.38. The van der Waals surface area contributed by atoms with Crippen LogP contribution in [0.3, 0.4) is 0 Å². The molecule has 0 aromatic rings. The lowest BCUT2D eigenvalue weighted by Gasteiger charge is -2.19. The van der Waals surface area contributed by atoms with Gasteiger partial charge in [0.05, 0.1) is 6.54 Å². The van der Waals surface area contributed by atoms with Crippen molar-refractivity contribution in [2.45, 2.75) is 27.2 Å². The molecule has 0 unspecified atom stereocenters. The van der Waals surface area contributed by atoms with Crippen molar-refractivity contribution < 1.29 is 4.74 Å². The first-order chi connectivity index (χ1) is 5.49. The van der Waals surface area contributed by atoms with Gasteiger partial charge in [-0.15, -0.1) is 0 Å². The number of rotatable bonds is 2. The number of ether oxygens (including phenoxy) is 1. The third kappa shape index (κ3) is 2.68. The van der Waals surface area contributed by atoms with Crippen LogP contribution in [0.4, 0.5) is 0 Å². The van der Waals surface area contributed by atoms with Crippen molar-refractivity contribution in [3.05, 3.63) is 12.2 Å². The van der Waals surface area contributed by atoms with E-state index in [0.717, 1.165) is 31.0 Å². The Morgan fingerprint density at radius 3 is 2.67 bits per heavy atom. The minimum atomic E-state index is 0.269. The van der Waals surface area contributed by atoms with Crippen LogP contribution in [-0.2, 0) is 4.74 Å². The molecule has 1 aliphatic rings. The molecule has 0 N–H and O–H groups in total. The molecule has 2 nitrogen and oxygen atoms in total. The fourth-order valence-corrected chi connectivity index (χ4v) is 1.26. The van der Waals surface area contributed by atoms with Gasteiger partial charge in [0, 0.05) is 5.57 Å². The SMILES string of the molecule is C=C(CC(C)(C)C)C1=NCCO1. The molecule has 0 radical (unpaired) electrons. The third-order valence-electron chi connectivity index (χ3n) is 1.63. The molecule has 0 atom stereocenters. The fourth-order valence-electron chi connectivity index (χ4n) is 1.26. The highest BCUT2D eigenvalue weighted by atomic mass is 16.5. The lowest BCUT2D eigenvalue weighted by atomic mass is 9.88. The second-order valence-electron chi connectivity index (χ2n) is 4.38. The zero-order valence-electron chi connectivity index (χ0n) is 8.18. The summed E-state index contributed by atoms with van der Waals surface area (Å²) in [4.78, 5) is 4.21.